The lowest BCUT2D eigenvalue weighted by molar-refractivity contribution is -0.142. The van der Waals surface area contributed by atoms with Crippen molar-refractivity contribution in [2.75, 3.05) is 6.54 Å². The molecule has 3 amide bonds. The highest BCUT2D eigenvalue weighted by Gasteiger charge is 2.63. The molecule has 2 aliphatic carbocycles. The minimum absolute atomic E-state index is 0.127. The van der Waals surface area contributed by atoms with Gasteiger partial charge in [0.1, 0.15) is 22.9 Å². The fraction of sp³-hybridized carbons (Fsp3) is 0.568. The van der Waals surface area contributed by atoms with E-state index in [0.29, 0.717) is 37.9 Å². The van der Waals surface area contributed by atoms with Gasteiger partial charge in [-0.15, -0.1) is 13.2 Å². The number of hydrogen-bond acceptors (Lipinski definition) is 7. The van der Waals surface area contributed by atoms with Crippen molar-refractivity contribution in [3.05, 3.63) is 60.8 Å². The molecular weight excluding hydrogens is 628 g/mol. The van der Waals surface area contributed by atoms with Crippen molar-refractivity contribution < 1.29 is 27.5 Å². The van der Waals surface area contributed by atoms with Crippen molar-refractivity contribution >= 4 is 38.6 Å². The Labute approximate surface area is 283 Å². The summed E-state index contributed by atoms with van der Waals surface area (Å²) in [6.07, 6.45) is 10.7. The van der Waals surface area contributed by atoms with Crippen LogP contribution in [0.25, 0.3) is 10.9 Å². The smallest absolute Gasteiger partial charge is 0.259 e. The van der Waals surface area contributed by atoms with E-state index in [9.17, 15) is 22.8 Å². The van der Waals surface area contributed by atoms with Crippen LogP contribution in [-0.2, 0) is 30.8 Å². The lowest BCUT2D eigenvalue weighted by atomic mass is 9.87. The molecule has 6 rings (SSSR count). The lowest BCUT2D eigenvalue weighted by Crippen LogP contribution is -2.57. The second-order valence-corrected chi connectivity index (χ2v) is 16.9. The molecule has 2 saturated carbocycles. The van der Waals surface area contributed by atoms with E-state index in [4.69, 9.17) is 9.72 Å². The van der Waals surface area contributed by atoms with Gasteiger partial charge in [-0.3, -0.25) is 19.1 Å². The number of carbonyl (C=O) groups excluding carboxylic acids is 3. The highest BCUT2D eigenvalue weighted by molar-refractivity contribution is 7.91. The number of pyridine rings is 1. The van der Waals surface area contributed by atoms with Crippen molar-refractivity contribution in [3.63, 3.8) is 0 Å². The summed E-state index contributed by atoms with van der Waals surface area (Å²) in [5, 5.41) is 3.95. The molecule has 3 heterocycles. The number of sulfonamides is 1. The fourth-order valence-electron chi connectivity index (χ4n) is 7.51. The third-order valence-corrected chi connectivity index (χ3v) is 13.3. The zero-order valence-electron chi connectivity index (χ0n) is 28.3. The number of para-hydroxylation sites is 1. The molecule has 1 spiro atoms. The van der Waals surface area contributed by atoms with Gasteiger partial charge < -0.3 is 15.0 Å². The van der Waals surface area contributed by atoms with Crippen molar-refractivity contribution in [3.8, 4) is 5.75 Å². The van der Waals surface area contributed by atoms with Crippen molar-refractivity contribution in [1.29, 1.82) is 0 Å². The molecule has 0 radical (unpaired) electrons. The lowest BCUT2D eigenvalue weighted by Gasteiger charge is -2.36. The van der Waals surface area contributed by atoms with Gasteiger partial charge in [0.15, 0.2) is 0 Å². The molecule has 0 unspecified atom stereocenters. The standard InChI is InChI=1S/C37H48N4O6S/c1-6-8-9-10-11-14-24(3)33(43)41-23-36(18-17-28-27-15-12-13-16-29(27)38-25(4)31(28)47-36)22-30(41)32(42)39-37(21-26(37)7-2)34(44)40-48(45,46)35(5)19-20-35/h6-7,12-13,15-16,24,26,30H,1-2,8-11,14,17-23H2,3-5H3,(H,39,42)(H,40,44)/t24-,26+,30-,36+,37+/m0/s1. The topological polar surface area (TPSA) is 135 Å². The predicted molar refractivity (Wildman–Crippen MR) is 185 cm³/mol. The average molecular weight is 677 g/mol. The van der Waals surface area contributed by atoms with Crippen LogP contribution in [0, 0.1) is 18.8 Å². The third-order valence-electron chi connectivity index (χ3n) is 11.1. The van der Waals surface area contributed by atoms with Crippen molar-refractivity contribution in [2.24, 2.45) is 11.8 Å². The van der Waals surface area contributed by atoms with E-state index in [2.05, 4.69) is 23.2 Å². The summed E-state index contributed by atoms with van der Waals surface area (Å²) in [6, 6.07) is 7.07. The molecule has 5 atom stereocenters. The van der Waals surface area contributed by atoms with Gasteiger partial charge in [0.05, 0.1) is 22.5 Å². The Bertz CT molecular complexity index is 1770. The maximum atomic E-state index is 14.3. The van der Waals surface area contributed by atoms with Gasteiger partial charge in [0.2, 0.25) is 21.8 Å². The average Bonchev–Trinajstić information content (AvgIpc) is 3.96. The minimum Gasteiger partial charge on any atom is -0.483 e. The molecule has 4 aliphatic rings. The SMILES string of the molecule is C=CCCCCC[C@H](C)C(=O)N1C[C@@]2(CCc3c(c(C)nc4ccccc34)O2)C[C@H]1C(=O)N[C@]1(C(=O)NS(=O)(=O)C2(C)CC2)C[C@H]1C=C. The van der Waals surface area contributed by atoms with Crippen LogP contribution in [0.1, 0.15) is 89.3 Å². The predicted octanol–water partition coefficient (Wildman–Crippen LogP) is 5.04. The maximum absolute atomic E-state index is 14.3. The summed E-state index contributed by atoms with van der Waals surface area (Å²) in [7, 11) is -3.92. The summed E-state index contributed by atoms with van der Waals surface area (Å²) in [6.45, 7) is 13.3. The Morgan fingerprint density at radius 1 is 1.12 bits per heavy atom. The number of fused-ring (bicyclic) bond motifs is 3. The number of aryl methyl sites for hydroxylation is 2. The van der Waals surface area contributed by atoms with Crippen molar-refractivity contribution in [1.82, 2.24) is 19.9 Å². The zero-order chi connectivity index (χ0) is 34.5. The second kappa shape index (κ2) is 12.6. The van der Waals surface area contributed by atoms with Gasteiger partial charge >= 0.3 is 0 Å². The molecule has 2 aromatic rings. The number of likely N-dealkylation sites (tertiary alicyclic amines) is 1. The normalized spacial score (nSPS) is 27.4. The maximum Gasteiger partial charge on any atom is 0.259 e. The number of nitrogens with one attached hydrogen (secondary N) is 2. The molecule has 3 fully saturated rings. The first-order chi connectivity index (χ1) is 22.8. The monoisotopic (exact) mass is 676 g/mol. The molecular formula is C37H48N4O6S. The van der Waals surface area contributed by atoms with Gasteiger partial charge in [0.25, 0.3) is 5.91 Å². The van der Waals surface area contributed by atoms with E-state index in [1.54, 1.807) is 17.9 Å². The number of aromatic nitrogens is 1. The molecule has 1 aromatic carbocycles. The summed E-state index contributed by atoms with van der Waals surface area (Å²) in [5.41, 5.74) is 0.477. The largest absolute Gasteiger partial charge is 0.483 e. The number of unbranched alkanes of at least 4 members (excludes halogenated alkanes) is 3. The number of carbonyl (C=O) groups is 3. The first kappa shape index (κ1) is 34.1. The van der Waals surface area contributed by atoms with Crippen LogP contribution in [0.2, 0.25) is 0 Å². The Morgan fingerprint density at radius 3 is 2.56 bits per heavy atom. The van der Waals surface area contributed by atoms with Crippen LogP contribution < -0.4 is 14.8 Å². The third kappa shape index (κ3) is 6.14. The highest BCUT2D eigenvalue weighted by atomic mass is 32.2. The first-order valence-electron chi connectivity index (χ1n) is 17.3. The molecule has 2 N–H and O–H groups in total. The van der Waals surface area contributed by atoms with Crippen LogP contribution in [0.15, 0.2) is 49.6 Å². The number of ether oxygens (including phenoxy) is 1. The van der Waals surface area contributed by atoms with Crippen LogP contribution in [0.3, 0.4) is 0 Å². The summed E-state index contributed by atoms with van der Waals surface area (Å²) in [4.78, 5) is 48.4. The van der Waals surface area contributed by atoms with Crippen LogP contribution in [0.5, 0.6) is 5.75 Å². The number of allylic oxidation sites excluding steroid dienone is 1. The highest BCUT2D eigenvalue weighted by Crippen LogP contribution is 2.48. The molecule has 2 aliphatic heterocycles. The number of rotatable bonds is 13. The Morgan fingerprint density at radius 2 is 1.88 bits per heavy atom. The van der Waals surface area contributed by atoms with Crippen LogP contribution >= 0.6 is 0 Å². The molecule has 0 bridgehead atoms. The first-order valence-corrected chi connectivity index (χ1v) is 18.8. The molecule has 11 heteroatoms. The van der Waals surface area contributed by atoms with Crippen LogP contribution in [0.4, 0.5) is 0 Å². The van der Waals surface area contributed by atoms with Gasteiger partial charge in [-0.25, -0.2) is 13.4 Å². The Hall–Kier alpha value is -3.73. The summed E-state index contributed by atoms with van der Waals surface area (Å²) >= 11 is 0. The molecule has 1 saturated heterocycles. The second-order valence-electron chi connectivity index (χ2n) is 14.7. The van der Waals surface area contributed by atoms with Gasteiger partial charge in [-0.05, 0) is 71.3 Å². The molecule has 10 nitrogen and oxygen atoms in total. The zero-order valence-corrected chi connectivity index (χ0v) is 29.2. The Balaban J connectivity index is 1.26. The van der Waals surface area contributed by atoms with E-state index < -0.39 is 49.7 Å². The van der Waals surface area contributed by atoms with Crippen molar-refractivity contribution in [2.45, 2.75) is 113 Å². The van der Waals surface area contributed by atoms with E-state index in [-0.39, 0.29) is 31.2 Å². The minimum atomic E-state index is -3.92. The number of benzene rings is 1. The number of amides is 3. The van der Waals surface area contributed by atoms with E-state index >= 15 is 0 Å². The van der Waals surface area contributed by atoms with E-state index in [1.807, 2.05) is 44.2 Å². The Kier molecular flexibility index (Phi) is 8.98. The summed E-state index contributed by atoms with van der Waals surface area (Å²) < 4.78 is 34.0. The van der Waals surface area contributed by atoms with Gasteiger partial charge in [-0.1, -0.05) is 50.1 Å². The van der Waals surface area contributed by atoms with Gasteiger partial charge in [-0.2, -0.15) is 0 Å². The molecule has 1 aromatic heterocycles. The number of nitrogens with zero attached hydrogens (tertiary/aromatic N) is 2. The quantitative estimate of drug-likeness (QED) is 0.224. The number of hydrogen-bond donors (Lipinski definition) is 2. The molecule has 258 valence electrons. The summed E-state index contributed by atoms with van der Waals surface area (Å²) in [5.74, 6) is -1.42. The fourth-order valence-corrected chi connectivity index (χ4v) is 8.82. The van der Waals surface area contributed by atoms with Gasteiger partial charge in [0, 0.05) is 29.2 Å². The molecule has 48 heavy (non-hydrogen) atoms. The van der Waals surface area contributed by atoms with E-state index in [0.717, 1.165) is 47.8 Å². The van der Waals surface area contributed by atoms with E-state index in [1.165, 1.54) is 0 Å². The van der Waals surface area contributed by atoms with Crippen LogP contribution in [-0.4, -0.2) is 64.5 Å².